The average molecular weight is 684 g/mol. The number of nitrogens with zero attached hydrogens (tertiary/aromatic N) is 7. The highest BCUT2D eigenvalue weighted by Crippen LogP contribution is 2.45. The van der Waals surface area contributed by atoms with Gasteiger partial charge in [0.15, 0.2) is 5.82 Å². The Balaban J connectivity index is 1.02. The first kappa shape index (κ1) is 32.0. The molecular weight excluding hydrogens is 646 g/mol. The van der Waals surface area contributed by atoms with Crippen LogP contribution in [-0.2, 0) is 9.47 Å². The highest BCUT2D eigenvalue weighted by Gasteiger charge is 2.59. The van der Waals surface area contributed by atoms with Crippen LogP contribution in [-0.4, -0.2) is 122 Å². The lowest BCUT2D eigenvalue weighted by molar-refractivity contribution is -0.0248. The number of morpholine rings is 2. The topological polar surface area (TPSA) is 111 Å². The van der Waals surface area contributed by atoms with Crippen LogP contribution in [0.25, 0.3) is 11.4 Å². The number of alkyl halides is 4. The number of benzene rings is 2. The van der Waals surface area contributed by atoms with E-state index >= 15 is 0 Å². The molecule has 0 spiro atoms. The van der Waals surface area contributed by atoms with E-state index < -0.39 is 54.9 Å². The maximum absolute atomic E-state index is 15.0. The molecule has 0 radical (unpaired) electrons. The van der Waals surface area contributed by atoms with Crippen LogP contribution in [0.1, 0.15) is 12.8 Å². The number of anilines is 5. The molecule has 8 rings (SSSR count). The summed E-state index contributed by atoms with van der Waals surface area (Å²) < 4.78 is 70.8. The van der Waals surface area contributed by atoms with Crippen molar-refractivity contribution in [2.75, 3.05) is 85.0 Å². The van der Waals surface area contributed by atoms with Gasteiger partial charge in [-0.15, -0.1) is 0 Å². The van der Waals surface area contributed by atoms with Crippen molar-refractivity contribution in [1.29, 1.82) is 0 Å². The van der Waals surface area contributed by atoms with Crippen LogP contribution >= 0.6 is 0 Å². The van der Waals surface area contributed by atoms with Crippen LogP contribution in [0.3, 0.4) is 0 Å². The normalized spacial score (nSPS) is 27.3. The number of likely N-dealkylation sites (N-methyl/N-ethyl adjacent to an activating group) is 1. The van der Waals surface area contributed by atoms with Crippen molar-refractivity contribution >= 4 is 35.0 Å². The van der Waals surface area contributed by atoms with Gasteiger partial charge in [-0.05, 0) is 55.6 Å². The molecule has 260 valence electrons. The number of carbonyl (C=O) groups is 1. The largest absolute Gasteiger partial charge is 0.377 e. The zero-order valence-corrected chi connectivity index (χ0v) is 26.9. The van der Waals surface area contributed by atoms with Crippen molar-refractivity contribution in [1.82, 2.24) is 19.9 Å². The molecule has 5 saturated heterocycles. The maximum atomic E-state index is 15.0. The van der Waals surface area contributed by atoms with E-state index in [0.717, 1.165) is 31.9 Å². The lowest BCUT2D eigenvalue weighted by atomic mass is 10.1. The molecule has 2 N–H and O–H groups in total. The fraction of sp³-hybridized carbons (Fsp3) is 0.515. The Morgan fingerprint density at radius 1 is 0.714 bits per heavy atom. The van der Waals surface area contributed by atoms with Crippen molar-refractivity contribution in [3.05, 3.63) is 48.5 Å². The molecule has 5 aliphatic rings. The third-order valence-electron chi connectivity index (χ3n) is 10.1. The van der Waals surface area contributed by atoms with Gasteiger partial charge in [-0.25, -0.2) is 22.4 Å². The molecule has 4 bridgehead atoms. The maximum Gasteiger partial charge on any atom is 0.323 e. The summed E-state index contributed by atoms with van der Waals surface area (Å²) >= 11 is 0. The van der Waals surface area contributed by atoms with Gasteiger partial charge in [-0.3, -0.25) is 0 Å². The van der Waals surface area contributed by atoms with Gasteiger partial charge in [0, 0.05) is 61.6 Å². The van der Waals surface area contributed by atoms with Gasteiger partial charge >= 0.3 is 6.03 Å². The lowest BCUT2D eigenvalue weighted by Gasteiger charge is -2.37. The van der Waals surface area contributed by atoms with Crippen LogP contribution in [0, 0.1) is 0 Å². The standard InChI is InChI=1S/C33H37F4N9O3/c1-43-10-12-44(13-11-43)23-8-6-22(7-9-23)39-31(47)38-21-4-2-20(3-5-21)28-40-29(45-24-14-32(34,35)26(45)18-48-16-24)42-30(41-28)46-25-15-33(36,37)27(46)19-49-17-25/h2-9,24-27H,10-19H2,1H3,(H2,38,39,47). The van der Waals surface area contributed by atoms with Crippen LogP contribution in [0.5, 0.6) is 0 Å². The number of piperazine rings is 1. The monoisotopic (exact) mass is 683 g/mol. The van der Waals surface area contributed by atoms with Crippen molar-refractivity contribution < 1.29 is 31.8 Å². The van der Waals surface area contributed by atoms with Gasteiger partial charge in [0.05, 0.1) is 38.5 Å². The molecule has 3 aromatic rings. The van der Waals surface area contributed by atoms with Crippen LogP contribution in [0.15, 0.2) is 48.5 Å². The Kier molecular flexibility index (Phi) is 7.99. The molecule has 0 saturated carbocycles. The number of aromatic nitrogens is 3. The van der Waals surface area contributed by atoms with Crippen LogP contribution < -0.4 is 25.3 Å². The number of nitrogens with one attached hydrogen (secondary N) is 2. The summed E-state index contributed by atoms with van der Waals surface area (Å²) in [7, 11) is 2.11. The second kappa shape index (κ2) is 12.2. The Labute approximate surface area is 280 Å². The van der Waals surface area contributed by atoms with E-state index in [1.165, 1.54) is 9.80 Å². The molecule has 0 aliphatic carbocycles. The molecule has 4 atom stereocenters. The highest BCUT2D eigenvalue weighted by molar-refractivity contribution is 6.00. The SMILES string of the molecule is CN1CCN(c2ccc(NC(=O)Nc3ccc(-c4nc(N5C6COCC5C(F)(F)C6)nc(N5C6COCC5C(F)(F)C6)n4)cc3)cc2)CC1. The molecule has 1 aromatic heterocycles. The first-order valence-corrected chi connectivity index (χ1v) is 16.5. The van der Waals surface area contributed by atoms with E-state index in [0.29, 0.717) is 16.9 Å². The summed E-state index contributed by atoms with van der Waals surface area (Å²) in [5.74, 6) is -5.94. The number of urea groups is 1. The number of rotatable bonds is 6. The Morgan fingerprint density at radius 2 is 1.20 bits per heavy atom. The summed E-state index contributed by atoms with van der Waals surface area (Å²) in [5.41, 5.74) is 2.73. The second-order valence-electron chi connectivity index (χ2n) is 13.4. The highest BCUT2D eigenvalue weighted by atomic mass is 19.3. The molecule has 2 aromatic carbocycles. The molecule has 6 heterocycles. The number of amides is 2. The number of halogens is 4. The van der Waals surface area contributed by atoms with Crippen molar-refractivity contribution in [2.45, 2.75) is 48.9 Å². The number of hydrogen-bond acceptors (Lipinski definition) is 10. The van der Waals surface area contributed by atoms with E-state index in [1.54, 1.807) is 24.3 Å². The van der Waals surface area contributed by atoms with Gasteiger partial charge in [0.2, 0.25) is 11.9 Å². The summed E-state index contributed by atoms with van der Waals surface area (Å²) in [5, 5.41) is 5.65. The summed E-state index contributed by atoms with van der Waals surface area (Å²) in [6.45, 7) is 3.63. The number of hydrogen-bond donors (Lipinski definition) is 2. The van der Waals surface area contributed by atoms with Gasteiger partial charge in [-0.1, -0.05) is 0 Å². The Bertz CT molecular complexity index is 1630. The predicted octanol–water partition coefficient (Wildman–Crippen LogP) is 4.16. The zero-order chi connectivity index (χ0) is 33.9. The quantitative estimate of drug-likeness (QED) is 0.368. The Hall–Kier alpha value is -4.28. The first-order valence-electron chi connectivity index (χ1n) is 16.5. The lowest BCUT2D eigenvalue weighted by Crippen LogP contribution is -2.52. The van der Waals surface area contributed by atoms with E-state index in [-0.39, 0.29) is 44.1 Å². The smallest absolute Gasteiger partial charge is 0.323 e. The third-order valence-corrected chi connectivity index (χ3v) is 10.1. The van der Waals surface area contributed by atoms with Gasteiger partial charge in [-0.2, -0.15) is 15.0 Å². The van der Waals surface area contributed by atoms with Crippen molar-refractivity contribution in [3.63, 3.8) is 0 Å². The molecular formula is C33H37F4N9O3. The molecule has 2 amide bonds. The number of fused-ring (bicyclic) bond motifs is 4. The minimum absolute atomic E-state index is 0.00935. The fourth-order valence-corrected chi connectivity index (χ4v) is 7.46. The van der Waals surface area contributed by atoms with Gasteiger partial charge < -0.3 is 39.7 Å². The molecule has 5 fully saturated rings. The number of ether oxygens (including phenoxy) is 2. The van der Waals surface area contributed by atoms with Crippen LogP contribution in [0.4, 0.5) is 51.3 Å². The predicted molar refractivity (Wildman–Crippen MR) is 175 cm³/mol. The van der Waals surface area contributed by atoms with Gasteiger partial charge in [0.25, 0.3) is 11.8 Å². The molecule has 5 aliphatic heterocycles. The molecule has 16 heteroatoms. The minimum atomic E-state index is -3.03. The van der Waals surface area contributed by atoms with Crippen molar-refractivity contribution in [2.24, 2.45) is 0 Å². The summed E-state index contributed by atoms with van der Waals surface area (Å²) in [6, 6.07) is 10.0. The number of carbonyl (C=O) groups excluding carboxylic acids is 1. The van der Waals surface area contributed by atoms with Crippen LogP contribution in [0.2, 0.25) is 0 Å². The zero-order valence-electron chi connectivity index (χ0n) is 26.9. The molecule has 49 heavy (non-hydrogen) atoms. The van der Waals surface area contributed by atoms with E-state index in [9.17, 15) is 22.4 Å². The molecule has 4 unspecified atom stereocenters. The Morgan fingerprint density at radius 3 is 1.69 bits per heavy atom. The fourth-order valence-electron chi connectivity index (χ4n) is 7.46. The van der Waals surface area contributed by atoms with Gasteiger partial charge in [0.1, 0.15) is 12.1 Å². The average Bonchev–Trinajstić information content (AvgIpc) is 3.34. The van der Waals surface area contributed by atoms with E-state index in [1.807, 2.05) is 24.3 Å². The van der Waals surface area contributed by atoms with E-state index in [2.05, 4.69) is 42.4 Å². The summed E-state index contributed by atoms with van der Waals surface area (Å²) in [6.07, 6.45) is -0.838. The van der Waals surface area contributed by atoms with E-state index in [4.69, 9.17) is 9.47 Å². The summed E-state index contributed by atoms with van der Waals surface area (Å²) in [4.78, 5) is 34.0. The van der Waals surface area contributed by atoms with Crippen molar-refractivity contribution in [3.8, 4) is 11.4 Å². The first-order chi connectivity index (χ1) is 23.5. The minimum Gasteiger partial charge on any atom is -0.377 e. The molecule has 12 nitrogen and oxygen atoms in total. The third kappa shape index (κ3) is 6.10. The second-order valence-corrected chi connectivity index (χ2v) is 13.4.